The number of aromatic nitrogens is 3. The van der Waals surface area contributed by atoms with Gasteiger partial charge in [-0.1, -0.05) is 55.9 Å². The van der Waals surface area contributed by atoms with E-state index in [0.29, 0.717) is 22.5 Å². The van der Waals surface area contributed by atoms with Gasteiger partial charge in [0.15, 0.2) is 11.0 Å². The minimum atomic E-state index is -0.107. The molecule has 28 heavy (non-hydrogen) atoms. The van der Waals surface area contributed by atoms with E-state index in [1.54, 1.807) is 13.2 Å². The van der Waals surface area contributed by atoms with Crippen LogP contribution in [0, 0.1) is 0 Å². The Hall–Kier alpha value is -2.80. The molecule has 0 radical (unpaired) electrons. The summed E-state index contributed by atoms with van der Waals surface area (Å²) in [7, 11) is 3.51. The number of nitrogens with zero attached hydrogens (tertiary/aromatic N) is 3. The number of anilines is 1. The Balaban J connectivity index is 1.63. The molecule has 7 heteroatoms. The average Bonchev–Trinajstić information content (AvgIpc) is 3.07. The van der Waals surface area contributed by atoms with Crippen LogP contribution in [0.25, 0.3) is 11.4 Å². The highest BCUT2D eigenvalue weighted by Crippen LogP contribution is 2.25. The monoisotopic (exact) mass is 396 g/mol. The summed E-state index contributed by atoms with van der Waals surface area (Å²) in [5.41, 5.74) is 3.00. The Bertz CT molecular complexity index is 951. The second-order valence-electron chi connectivity index (χ2n) is 6.71. The van der Waals surface area contributed by atoms with E-state index in [0.717, 1.165) is 11.4 Å². The molecule has 6 nitrogen and oxygen atoms in total. The van der Waals surface area contributed by atoms with Crippen LogP contribution in [-0.4, -0.2) is 33.5 Å². The maximum Gasteiger partial charge on any atom is 0.234 e. The maximum atomic E-state index is 12.2. The number of thioether (sulfide) groups is 1. The van der Waals surface area contributed by atoms with Crippen LogP contribution >= 0.6 is 11.8 Å². The van der Waals surface area contributed by atoms with Crippen molar-refractivity contribution in [2.75, 3.05) is 18.2 Å². The number of hydrogen-bond acceptors (Lipinski definition) is 5. The lowest BCUT2D eigenvalue weighted by Gasteiger charge is -2.08. The Labute approximate surface area is 169 Å². The van der Waals surface area contributed by atoms with Crippen molar-refractivity contribution >= 4 is 23.4 Å². The third-order valence-electron chi connectivity index (χ3n) is 4.36. The van der Waals surface area contributed by atoms with E-state index < -0.39 is 0 Å². The quantitative estimate of drug-likeness (QED) is 0.602. The van der Waals surface area contributed by atoms with Gasteiger partial charge in [-0.25, -0.2) is 0 Å². The van der Waals surface area contributed by atoms with Crippen LogP contribution in [0.15, 0.2) is 53.7 Å². The number of hydrogen-bond donors (Lipinski definition) is 1. The molecule has 0 saturated carbocycles. The normalized spacial score (nSPS) is 10.9. The lowest BCUT2D eigenvalue weighted by molar-refractivity contribution is -0.113. The first-order valence-corrected chi connectivity index (χ1v) is 10.0. The molecule has 0 saturated heterocycles. The molecule has 0 atom stereocenters. The SMILES string of the molecule is COc1cccc(NC(=O)CSc2nnc(-c3ccc(C(C)C)cc3)n2C)c1. The molecule has 146 valence electrons. The zero-order chi connectivity index (χ0) is 20.1. The van der Waals surface area contributed by atoms with Crippen LogP contribution < -0.4 is 10.1 Å². The molecule has 1 N–H and O–H groups in total. The van der Waals surface area contributed by atoms with Crippen LogP contribution in [0.3, 0.4) is 0 Å². The molecule has 0 aliphatic rings. The third-order valence-corrected chi connectivity index (χ3v) is 5.38. The van der Waals surface area contributed by atoms with E-state index in [4.69, 9.17) is 4.74 Å². The van der Waals surface area contributed by atoms with Crippen molar-refractivity contribution in [2.24, 2.45) is 7.05 Å². The molecule has 1 aromatic heterocycles. The summed E-state index contributed by atoms with van der Waals surface area (Å²) in [4.78, 5) is 12.2. The van der Waals surface area contributed by atoms with Gasteiger partial charge in [0, 0.05) is 24.4 Å². The number of rotatable bonds is 7. The second-order valence-corrected chi connectivity index (χ2v) is 7.65. The van der Waals surface area contributed by atoms with Gasteiger partial charge in [0.25, 0.3) is 0 Å². The van der Waals surface area contributed by atoms with Crippen LogP contribution in [-0.2, 0) is 11.8 Å². The second kappa shape index (κ2) is 8.93. The highest BCUT2D eigenvalue weighted by Gasteiger charge is 2.13. The van der Waals surface area contributed by atoms with Gasteiger partial charge in [-0.2, -0.15) is 0 Å². The molecule has 2 aromatic carbocycles. The number of carbonyl (C=O) groups excluding carboxylic acids is 1. The molecule has 0 aliphatic carbocycles. The molecule has 0 fully saturated rings. The van der Waals surface area contributed by atoms with E-state index in [-0.39, 0.29) is 11.7 Å². The van der Waals surface area contributed by atoms with Gasteiger partial charge in [0.2, 0.25) is 5.91 Å². The highest BCUT2D eigenvalue weighted by molar-refractivity contribution is 7.99. The molecule has 1 amide bonds. The minimum Gasteiger partial charge on any atom is -0.497 e. The number of ether oxygens (including phenoxy) is 1. The molecular formula is C21H24N4O2S. The standard InChI is InChI=1S/C21H24N4O2S/c1-14(2)15-8-10-16(11-9-15)20-23-24-21(25(20)3)28-13-19(26)22-17-6-5-7-18(12-17)27-4/h5-12,14H,13H2,1-4H3,(H,22,26). The summed E-state index contributed by atoms with van der Waals surface area (Å²) in [6.45, 7) is 4.34. The largest absolute Gasteiger partial charge is 0.497 e. The number of nitrogens with one attached hydrogen (secondary N) is 1. The molecule has 1 heterocycles. The van der Waals surface area contributed by atoms with Crippen LogP contribution in [0.2, 0.25) is 0 Å². The maximum absolute atomic E-state index is 12.2. The van der Waals surface area contributed by atoms with Gasteiger partial charge in [-0.05, 0) is 23.6 Å². The van der Waals surface area contributed by atoms with Crippen molar-refractivity contribution in [1.29, 1.82) is 0 Å². The smallest absolute Gasteiger partial charge is 0.234 e. The lowest BCUT2D eigenvalue weighted by Crippen LogP contribution is -2.14. The summed E-state index contributed by atoms with van der Waals surface area (Å²) >= 11 is 1.35. The van der Waals surface area contributed by atoms with Gasteiger partial charge in [-0.15, -0.1) is 10.2 Å². The molecule has 0 bridgehead atoms. The van der Waals surface area contributed by atoms with Crippen molar-refractivity contribution in [1.82, 2.24) is 14.8 Å². The molecule has 3 aromatic rings. The van der Waals surface area contributed by atoms with E-state index in [1.165, 1.54) is 17.3 Å². The van der Waals surface area contributed by atoms with Crippen molar-refractivity contribution in [3.8, 4) is 17.1 Å². The molecular weight excluding hydrogens is 372 g/mol. The van der Waals surface area contributed by atoms with E-state index in [2.05, 4.69) is 53.6 Å². The number of methoxy groups -OCH3 is 1. The van der Waals surface area contributed by atoms with Crippen molar-refractivity contribution in [3.05, 3.63) is 54.1 Å². The fraction of sp³-hybridized carbons (Fsp3) is 0.286. The molecule has 3 rings (SSSR count). The van der Waals surface area contributed by atoms with Gasteiger partial charge >= 0.3 is 0 Å². The molecule has 0 spiro atoms. The highest BCUT2D eigenvalue weighted by atomic mass is 32.2. The first kappa shape index (κ1) is 19.9. The van der Waals surface area contributed by atoms with Gasteiger partial charge in [0.1, 0.15) is 5.75 Å². The number of amides is 1. The average molecular weight is 397 g/mol. The summed E-state index contributed by atoms with van der Waals surface area (Å²) in [5, 5.41) is 12.1. The predicted molar refractivity (Wildman–Crippen MR) is 113 cm³/mol. The summed E-state index contributed by atoms with van der Waals surface area (Å²) in [5.74, 6) is 2.11. The van der Waals surface area contributed by atoms with Gasteiger partial charge in [0.05, 0.1) is 12.9 Å². The molecule has 0 aliphatic heterocycles. The van der Waals surface area contributed by atoms with Crippen LogP contribution in [0.5, 0.6) is 5.75 Å². The Morgan fingerprint density at radius 1 is 1.18 bits per heavy atom. The first-order chi connectivity index (χ1) is 13.5. The lowest BCUT2D eigenvalue weighted by atomic mass is 10.0. The van der Waals surface area contributed by atoms with Gasteiger partial charge in [-0.3, -0.25) is 4.79 Å². The Kier molecular flexibility index (Phi) is 6.36. The number of benzene rings is 2. The van der Waals surface area contributed by atoms with Crippen molar-refractivity contribution in [3.63, 3.8) is 0 Å². The number of carbonyl (C=O) groups is 1. The van der Waals surface area contributed by atoms with Gasteiger partial charge < -0.3 is 14.6 Å². The zero-order valence-corrected chi connectivity index (χ0v) is 17.3. The fourth-order valence-corrected chi connectivity index (χ4v) is 3.45. The van der Waals surface area contributed by atoms with E-state index in [1.807, 2.05) is 29.8 Å². The van der Waals surface area contributed by atoms with E-state index in [9.17, 15) is 4.79 Å². The van der Waals surface area contributed by atoms with E-state index >= 15 is 0 Å². The summed E-state index contributed by atoms with van der Waals surface area (Å²) in [6, 6.07) is 15.6. The summed E-state index contributed by atoms with van der Waals surface area (Å²) < 4.78 is 7.08. The van der Waals surface area contributed by atoms with Crippen molar-refractivity contribution in [2.45, 2.75) is 24.9 Å². The summed E-state index contributed by atoms with van der Waals surface area (Å²) in [6.07, 6.45) is 0. The Morgan fingerprint density at radius 2 is 1.93 bits per heavy atom. The fourth-order valence-electron chi connectivity index (χ4n) is 2.74. The minimum absolute atomic E-state index is 0.107. The predicted octanol–water partition coefficient (Wildman–Crippen LogP) is 4.34. The third kappa shape index (κ3) is 4.72. The topological polar surface area (TPSA) is 69.0 Å². The van der Waals surface area contributed by atoms with Crippen LogP contribution in [0.1, 0.15) is 25.3 Å². The Morgan fingerprint density at radius 3 is 2.61 bits per heavy atom. The van der Waals surface area contributed by atoms with Crippen molar-refractivity contribution < 1.29 is 9.53 Å². The molecule has 0 unspecified atom stereocenters. The zero-order valence-electron chi connectivity index (χ0n) is 16.5. The first-order valence-electron chi connectivity index (χ1n) is 9.04. The van der Waals surface area contributed by atoms with Crippen LogP contribution in [0.4, 0.5) is 5.69 Å².